The number of hydrogen-bond donors (Lipinski definition) is 2. The molecule has 2 fully saturated rings. The maximum absolute atomic E-state index is 13.5. The zero-order valence-corrected chi connectivity index (χ0v) is 15.7. The predicted octanol–water partition coefficient (Wildman–Crippen LogP) is 2.90. The number of nitrogens with one attached hydrogen (secondary N) is 2. The zero-order valence-electron chi connectivity index (χ0n) is 15.7. The zero-order chi connectivity index (χ0) is 17.9. The molecule has 5 heteroatoms. The van der Waals surface area contributed by atoms with Crippen LogP contribution in [-0.2, 0) is 5.41 Å². The smallest absolute Gasteiger partial charge is 0.191 e. The van der Waals surface area contributed by atoms with Gasteiger partial charge in [-0.25, -0.2) is 4.39 Å². The third-order valence-electron chi connectivity index (χ3n) is 5.45. The van der Waals surface area contributed by atoms with Crippen LogP contribution in [0, 0.1) is 5.82 Å². The number of rotatable bonds is 8. The fourth-order valence-electron chi connectivity index (χ4n) is 3.58. The van der Waals surface area contributed by atoms with Gasteiger partial charge in [-0.15, -0.1) is 0 Å². The van der Waals surface area contributed by atoms with Crippen LogP contribution in [0.2, 0.25) is 0 Å². The van der Waals surface area contributed by atoms with E-state index >= 15 is 0 Å². The third-order valence-corrected chi connectivity index (χ3v) is 5.45. The molecule has 2 aliphatic carbocycles. The predicted molar refractivity (Wildman–Crippen MR) is 102 cm³/mol. The van der Waals surface area contributed by atoms with Gasteiger partial charge in [-0.05, 0) is 57.2 Å². The number of benzene rings is 1. The molecule has 1 aromatic carbocycles. The summed E-state index contributed by atoms with van der Waals surface area (Å²) < 4.78 is 13.5. The Labute approximate surface area is 150 Å². The lowest BCUT2D eigenvalue weighted by Crippen LogP contribution is -2.45. The minimum absolute atomic E-state index is 0.0672. The fourth-order valence-corrected chi connectivity index (χ4v) is 3.58. The first-order valence-electron chi connectivity index (χ1n) is 9.50. The molecule has 2 aliphatic rings. The van der Waals surface area contributed by atoms with E-state index in [0.29, 0.717) is 6.04 Å². The van der Waals surface area contributed by atoms with Crippen LogP contribution >= 0.6 is 0 Å². The molecule has 0 amide bonds. The second kappa shape index (κ2) is 7.73. The largest absolute Gasteiger partial charge is 0.356 e. The number of guanidine groups is 1. The molecule has 3 rings (SSSR count). The summed E-state index contributed by atoms with van der Waals surface area (Å²) in [4.78, 5) is 6.90. The summed E-state index contributed by atoms with van der Waals surface area (Å²) >= 11 is 0. The van der Waals surface area contributed by atoms with Gasteiger partial charge in [0.2, 0.25) is 0 Å². The van der Waals surface area contributed by atoms with E-state index in [4.69, 9.17) is 0 Å². The van der Waals surface area contributed by atoms with Gasteiger partial charge in [0.1, 0.15) is 5.82 Å². The van der Waals surface area contributed by atoms with Crippen molar-refractivity contribution in [2.45, 2.75) is 57.0 Å². The SMILES string of the molecule is CN=C(NCCN(C(C)C)C1CC1)NCC1(c2cccc(F)c2)CC1. The number of hydrogen-bond acceptors (Lipinski definition) is 2. The molecule has 0 radical (unpaired) electrons. The van der Waals surface area contributed by atoms with Gasteiger partial charge in [0, 0.05) is 44.2 Å². The highest BCUT2D eigenvalue weighted by atomic mass is 19.1. The van der Waals surface area contributed by atoms with Gasteiger partial charge in [-0.1, -0.05) is 12.1 Å². The highest BCUT2D eigenvalue weighted by Crippen LogP contribution is 2.47. The third kappa shape index (κ3) is 4.72. The van der Waals surface area contributed by atoms with E-state index in [-0.39, 0.29) is 11.2 Å². The van der Waals surface area contributed by atoms with Crippen LogP contribution < -0.4 is 10.6 Å². The van der Waals surface area contributed by atoms with Gasteiger partial charge in [-0.3, -0.25) is 9.89 Å². The summed E-state index contributed by atoms with van der Waals surface area (Å²) in [6.45, 7) is 7.26. The van der Waals surface area contributed by atoms with Gasteiger partial charge < -0.3 is 10.6 Å². The van der Waals surface area contributed by atoms with E-state index < -0.39 is 0 Å². The lowest BCUT2D eigenvalue weighted by atomic mass is 9.96. The lowest BCUT2D eigenvalue weighted by Gasteiger charge is -2.27. The molecule has 2 N–H and O–H groups in total. The van der Waals surface area contributed by atoms with Crippen molar-refractivity contribution in [3.05, 3.63) is 35.6 Å². The second-order valence-corrected chi connectivity index (χ2v) is 7.71. The highest BCUT2D eigenvalue weighted by Gasteiger charge is 2.44. The van der Waals surface area contributed by atoms with Crippen molar-refractivity contribution < 1.29 is 4.39 Å². The van der Waals surface area contributed by atoms with Crippen LogP contribution in [-0.4, -0.2) is 49.6 Å². The van der Waals surface area contributed by atoms with Crippen molar-refractivity contribution in [2.24, 2.45) is 4.99 Å². The van der Waals surface area contributed by atoms with Crippen molar-refractivity contribution >= 4 is 5.96 Å². The van der Waals surface area contributed by atoms with Gasteiger partial charge in [0.05, 0.1) is 0 Å². The van der Waals surface area contributed by atoms with E-state index in [2.05, 4.69) is 34.4 Å². The number of nitrogens with zero attached hydrogens (tertiary/aromatic N) is 2. The maximum Gasteiger partial charge on any atom is 0.191 e. The lowest BCUT2D eigenvalue weighted by molar-refractivity contribution is 0.215. The summed E-state index contributed by atoms with van der Waals surface area (Å²) in [7, 11) is 1.80. The van der Waals surface area contributed by atoms with Crippen LogP contribution in [0.15, 0.2) is 29.3 Å². The molecule has 1 aromatic rings. The maximum atomic E-state index is 13.5. The molecule has 2 saturated carbocycles. The van der Waals surface area contributed by atoms with Crippen LogP contribution in [0.1, 0.15) is 45.1 Å². The molecule has 0 spiro atoms. The first-order chi connectivity index (χ1) is 12.0. The molecule has 0 unspecified atom stereocenters. The molecular formula is C20H31FN4. The Balaban J connectivity index is 1.46. The van der Waals surface area contributed by atoms with Crippen LogP contribution in [0.25, 0.3) is 0 Å². The van der Waals surface area contributed by atoms with E-state index in [1.54, 1.807) is 19.2 Å². The van der Waals surface area contributed by atoms with Gasteiger partial charge in [0.15, 0.2) is 5.96 Å². The summed E-state index contributed by atoms with van der Waals surface area (Å²) in [5, 5.41) is 6.86. The van der Waals surface area contributed by atoms with Crippen molar-refractivity contribution in [2.75, 3.05) is 26.7 Å². The van der Waals surface area contributed by atoms with Crippen molar-refractivity contribution in [1.82, 2.24) is 15.5 Å². The molecule has 25 heavy (non-hydrogen) atoms. The first kappa shape index (κ1) is 18.2. The Morgan fingerprint density at radius 1 is 1.32 bits per heavy atom. The average molecular weight is 346 g/mol. The quantitative estimate of drug-likeness (QED) is 0.562. The Hall–Kier alpha value is -1.62. The van der Waals surface area contributed by atoms with Crippen molar-refractivity contribution in [3.63, 3.8) is 0 Å². The second-order valence-electron chi connectivity index (χ2n) is 7.71. The Morgan fingerprint density at radius 2 is 2.08 bits per heavy atom. The van der Waals surface area contributed by atoms with Crippen molar-refractivity contribution in [3.8, 4) is 0 Å². The Kier molecular flexibility index (Phi) is 5.62. The van der Waals surface area contributed by atoms with E-state index in [0.717, 1.165) is 50.0 Å². The summed E-state index contributed by atoms with van der Waals surface area (Å²) in [5.74, 6) is 0.683. The topological polar surface area (TPSA) is 39.7 Å². The normalized spacial score (nSPS) is 19.4. The minimum atomic E-state index is -0.153. The van der Waals surface area contributed by atoms with Crippen LogP contribution in [0.5, 0.6) is 0 Å². The molecule has 0 atom stereocenters. The van der Waals surface area contributed by atoms with Gasteiger partial charge >= 0.3 is 0 Å². The molecule has 0 heterocycles. The van der Waals surface area contributed by atoms with E-state index in [9.17, 15) is 4.39 Å². The summed E-state index contributed by atoms with van der Waals surface area (Å²) in [6, 6.07) is 8.38. The standard InChI is InChI=1S/C20H31FN4/c1-15(2)25(18-7-8-18)12-11-23-19(22-3)24-14-20(9-10-20)16-5-4-6-17(21)13-16/h4-6,13,15,18H,7-12,14H2,1-3H3,(H2,22,23,24). The monoisotopic (exact) mass is 346 g/mol. The minimum Gasteiger partial charge on any atom is -0.356 e. The van der Waals surface area contributed by atoms with E-state index in [1.165, 1.54) is 18.9 Å². The molecule has 0 aliphatic heterocycles. The van der Waals surface area contributed by atoms with Crippen LogP contribution in [0.3, 0.4) is 0 Å². The molecule has 0 saturated heterocycles. The van der Waals surface area contributed by atoms with Crippen molar-refractivity contribution in [1.29, 1.82) is 0 Å². The number of halogens is 1. The molecule has 4 nitrogen and oxygen atoms in total. The molecular weight excluding hydrogens is 315 g/mol. The Bertz CT molecular complexity index is 603. The summed E-state index contributed by atoms with van der Waals surface area (Å²) in [6.07, 6.45) is 4.87. The van der Waals surface area contributed by atoms with E-state index in [1.807, 2.05) is 6.07 Å². The van der Waals surface area contributed by atoms with Crippen LogP contribution in [0.4, 0.5) is 4.39 Å². The molecule has 0 aromatic heterocycles. The molecule has 138 valence electrons. The molecule has 0 bridgehead atoms. The van der Waals surface area contributed by atoms with Gasteiger partial charge in [0.25, 0.3) is 0 Å². The number of aliphatic imine (C=N–C) groups is 1. The Morgan fingerprint density at radius 3 is 2.64 bits per heavy atom. The van der Waals surface area contributed by atoms with Gasteiger partial charge in [-0.2, -0.15) is 0 Å². The highest BCUT2D eigenvalue weighted by molar-refractivity contribution is 5.79. The first-order valence-corrected chi connectivity index (χ1v) is 9.50. The average Bonchev–Trinajstić information content (AvgIpc) is 3.48. The summed E-state index contributed by atoms with van der Waals surface area (Å²) in [5.41, 5.74) is 1.16. The fraction of sp³-hybridized carbons (Fsp3) is 0.650.